The van der Waals surface area contributed by atoms with Crippen LogP contribution in [0, 0.1) is 5.92 Å². The first-order valence-electron chi connectivity index (χ1n) is 6.60. The minimum atomic E-state index is 0.168. The third-order valence-electron chi connectivity index (χ3n) is 3.20. The number of hydrogen-bond acceptors (Lipinski definition) is 5. The van der Waals surface area contributed by atoms with E-state index >= 15 is 0 Å². The van der Waals surface area contributed by atoms with Crippen molar-refractivity contribution in [2.45, 2.75) is 20.4 Å². The molecule has 0 radical (unpaired) electrons. The highest BCUT2D eigenvalue weighted by Gasteiger charge is 2.16. The fraction of sp³-hybridized carbons (Fsp3) is 0.571. The van der Waals surface area contributed by atoms with Gasteiger partial charge in [0, 0.05) is 31.3 Å². The van der Waals surface area contributed by atoms with Crippen molar-refractivity contribution in [1.29, 1.82) is 0 Å². The topological polar surface area (TPSA) is 60.6 Å². The Morgan fingerprint density at radius 1 is 1.45 bits per heavy atom. The molecule has 0 aliphatic rings. The van der Waals surface area contributed by atoms with Gasteiger partial charge < -0.3 is 15.2 Å². The van der Waals surface area contributed by atoms with Crippen LogP contribution in [-0.4, -0.2) is 42.2 Å². The molecular formula is C14H23N3O2S. The van der Waals surface area contributed by atoms with E-state index in [4.69, 9.17) is 27.4 Å². The summed E-state index contributed by atoms with van der Waals surface area (Å²) in [6.45, 7) is 6.48. The first-order valence-corrected chi connectivity index (χ1v) is 7.01. The van der Waals surface area contributed by atoms with Crippen molar-refractivity contribution >= 4 is 17.2 Å². The number of rotatable bonds is 8. The summed E-state index contributed by atoms with van der Waals surface area (Å²) in [6.07, 6.45) is 1.72. The molecule has 1 atom stereocenters. The Hall–Kier alpha value is -1.40. The molecule has 5 nitrogen and oxygen atoms in total. The fourth-order valence-electron chi connectivity index (χ4n) is 1.96. The molecule has 0 saturated carbocycles. The number of ether oxygens (including phenoxy) is 2. The number of nitrogens with two attached hydrogens (primary N) is 1. The molecule has 0 aliphatic heterocycles. The molecule has 1 aromatic heterocycles. The summed E-state index contributed by atoms with van der Waals surface area (Å²) >= 11 is 5.03. The third kappa shape index (κ3) is 4.31. The van der Waals surface area contributed by atoms with Gasteiger partial charge in [0.1, 0.15) is 5.69 Å². The van der Waals surface area contributed by atoms with Crippen molar-refractivity contribution < 1.29 is 9.47 Å². The van der Waals surface area contributed by atoms with Crippen LogP contribution in [0.5, 0.6) is 11.5 Å². The van der Waals surface area contributed by atoms with Crippen LogP contribution in [-0.2, 0) is 6.54 Å². The summed E-state index contributed by atoms with van der Waals surface area (Å²) in [4.78, 5) is 7.15. The highest BCUT2D eigenvalue weighted by Crippen LogP contribution is 2.29. The molecule has 0 aliphatic carbocycles. The van der Waals surface area contributed by atoms with Gasteiger partial charge in [-0.05, 0) is 6.54 Å². The zero-order valence-corrected chi connectivity index (χ0v) is 13.4. The van der Waals surface area contributed by atoms with Crippen LogP contribution in [0.1, 0.15) is 19.5 Å². The summed E-state index contributed by atoms with van der Waals surface area (Å²) in [5.41, 5.74) is 6.53. The molecule has 112 valence electrons. The summed E-state index contributed by atoms with van der Waals surface area (Å²) in [6, 6.07) is 1.79. The molecule has 0 bridgehead atoms. The molecule has 1 aromatic rings. The van der Waals surface area contributed by atoms with Crippen LogP contribution in [0.25, 0.3) is 0 Å². The van der Waals surface area contributed by atoms with Gasteiger partial charge in [0.25, 0.3) is 0 Å². The molecule has 1 unspecified atom stereocenters. The second-order valence-corrected chi connectivity index (χ2v) is 5.10. The van der Waals surface area contributed by atoms with Gasteiger partial charge in [-0.3, -0.25) is 9.88 Å². The lowest BCUT2D eigenvalue weighted by molar-refractivity contribution is 0.254. The van der Waals surface area contributed by atoms with Gasteiger partial charge >= 0.3 is 0 Å². The van der Waals surface area contributed by atoms with E-state index in [0.717, 1.165) is 18.8 Å². The number of aromatic nitrogens is 1. The smallest absolute Gasteiger partial charge is 0.183 e. The minimum absolute atomic E-state index is 0.168. The van der Waals surface area contributed by atoms with Crippen molar-refractivity contribution in [3.63, 3.8) is 0 Å². The Kier molecular flexibility index (Phi) is 6.67. The van der Waals surface area contributed by atoms with Gasteiger partial charge in [0.05, 0.1) is 19.2 Å². The number of pyridine rings is 1. The lowest BCUT2D eigenvalue weighted by Crippen LogP contribution is -2.33. The summed E-state index contributed by atoms with van der Waals surface area (Å²) in [5.74, 6) is 1.54. The van der Waals surface area contributed by atoms with Crippen molar-refractivity contribution in [3.05, 3.63) is 18.0 Å². The van der Waals surface area contributed by atoms with Crippen LogP contribution in [0.15, 0.2) is 12.3 Å². The molecule has 20 heavy (non-hydrogen) atoms. The van der Waals surface area contributed by atoms with Crippen molar-refractivity contribution in [1.82, 2.24) is 9.88 Å². The van der Waals surface area contributed by atoms with E-state index in [-0.39, 0.29) is 5.92 Å². The van der Waals surface area contributed by atoms with Gasteiger partial charge in [-0.15, -0.1) is 0 Å². The highest BCUT2D eigenvalue weighted by molar-refractivity contribution is 7.80. The minimum Gasteiger partial charge on any atom is -0.493 e. The highest BCUT2D eigenvalue weighted by atomic mass is 32.1. The maximum atomic E-state index is 5.68. The zero-order valence-electron chi connectivity index (χ0n) is 12.5. The molecule has 0 amide bonds. The second kappa shape index (κ2) is 8.01. The normalized spacial score (nSPS) is 12.2. The van der Waals surface area contributed by atoms with Gasteiger partial charge in [-0.2, -0.15) is 0 Å². The standard InChI is InChI=1S/C14H23N3O2S/c1-5-17(8-10(2)14(15)20)9-11-13(19-4)12(18-3)6-7-16-11/h6-7,10H,5,8-9H2,1-4H3,(H2,15,20). The van der Waals surface area contributed by atoms with Gasteiger partial charge in [-0.25, -0.2) is 0 Å². The van der Waals surface area contributed by atoms with Crippen LogP contribution in [0.3, 0.4) is 0 Å². The maximum Gasteiger partial charge on any atom is 0.183 e. The Bertz CT molecular complexity index is 454. The number of thiocarbonyl (C=S) groups is 1. The van der Waals surface area contributed by atoms with Gasteiger partial charge in [-0.1, -0.05) is 26.1 Å². The predicted molar refractivity (Wildman–Crippen MR) is 84.2 cm³/mol. The maximum absolute atomic E-state index is 5.68. The van der Waals surface area contributed by atoms with Gasteiger partial charge in [0.15, 0.2) is 11.5 Å². The van der Waals surface area contributed by atoms with E-state index in [2.05, 4.69) is 16.8 Å². The van der Waals surface area contributed by atoms with E-state index in [1.807, 2.05) is 6.92 Å². The van der Waals surface area contributed by atoms with E-state index in [9.17, 15) is 0 Å². The van der Waals surface area contributed by atoms with E-state index in [1.165, 1.54) is 0 Å². The average Bonchev–Trinajstić information content (AvgIpc) is 2.45. The Morgan fingerprint density at radius 3 is 2.65 bits per heavy atom. The molecule has 1 rings (SSSR count). The predicted octanol–water partition coefficient (Wildman–Crippen LogP) is 1.84. The third-order valence-corrected chi connectivity index (χ3v) is 3.61. The Balaban J connectivity index is 2.87. The van der Waals surface area contributed by atoms with Crippen molar-refractivity contribution in [2.24, 2.45) is 11.7 Å². The number of hydrogen-bond donors (Lipinski definition) is 1. The first-order chi connectivity index (χ1) is 9.53. The van der Waals surface area contributed by atoms with Crippen LogP contribution >= 0.6 is 12.2 Å². The molecule has 1 heterocycles. The number of nitrogens with zero attached hydrogens (tertiary/aromatic N) is 2. The van der Waals surface area contributed by atoms with Crippen LogP contribution in [0.4, 0.5) is 0 Å². The second-order valence-electron chi connectivity index (χ2n) is 4.62. The van der Waals surface area contributed by atoms with Crippen molar-refractivity contribution in [2.75, 3.05) is 27.3 Å². The molecule has 0 aromatic carbocycles. The molecule has 2 N–H and O–H groups in total. The lowest BCUT2D eigenvalue weighted by Gasteiger charge is -2.24. The molecule has 6 heteroatoms. The summed E-state index contributed by atoms with van der Waals surface area (Å²) < 4.78 is 10.7. The molecular weight excluding hydrogens is 274 g/mol. The first kappa shape index (κ1) is 16.7. The lowest BCUT2D eigenvalue weighted by atomic mass is 10.1. The van der Waals surface area contributed by atoms with E-state index < -0.39 is 0 Å². The van der Waals surface area contributed by atoms with Gasteiger partial charge in [0.2, 0.25) is 0 Å². The quantitative estimate of drug-likeness (QED) is 0.739. The summed E-state index contributed by atoms with van der Waals surface area (Å²) in [7, 11) is 3.24. The monoisotopic (exact) mass is 297 g/mol. The van der Waals surface area contributed by atoms with Crippen LogP contribution < -0.4 is 15.2 Å². The zero-order chi connectivity index (χ0) is 15.1. The average molecular weight is 297 g/mol. The Labute approximate surface area is 126 Å². The Morgan fingerprint density at radius 2 is 2.15 bits per heavy atom. The fourth-order valence-corrected chi connectivity index (χ4v) is 2.03. The van der Waals surface area contributed by atoms with E-state index in [0.29, 0.717) is 23.0 Å². The summed E-state index contributed by atoms with van der Waals surface area (Å²) in [5, 5.41) is 0. The van der Waals surface area contributed by atoms with E-state index in [1.54, 1.807) is 26.5 Å². The van der Waals surface area contributed by atoms with Crippen LogP contribution in [0.2, 0.25) is 0 Å². The molecule has 0 saturated heterocycles. The molecule has 0 spiro atoms. The molecule has 0 fully saturated rings. The largest absolute Gasteiger partial charge is 0.493 e. The number of methoxy groups -OCH3 is 2. The SMILES string of the molecule is CCN(Cc1nccc(OC)c1OC)CC(C)C(N)=S. The van der Waals surface area contributed by atoms with Crippen molar-refractivity contribution in [3.8, 4) is 11.5 Å².